The second-order valence-electron chi connectivity index (χ2n) is 9.03. The van der Waals surface area contributed by atoms with Crippen LogP contribution in [0.1, 0.15) is 35.1 Å². The summed E-state index contributed by atoms with van der Waals surface area (Å²) in [6.07, 6.45) is 2.54. The summed E-state index contributed by atoms with van der Waals surface area (Å²) < 4.78 is 10.9. The highest BCUT2D eigenvalue weighted by Gasteiger charge is 2.12. The van der Waals surface area contributed by atoms with Gasteiger partial charge in [-0.05, 0) is 59.4 Å². The Hall–Kier alpha value is -3.15. The molecule has 38 heavy (non-hydrogen) atoms. The van der Waals surface area contributed by atoms with Crippen LogP contribution in [0.15, 0.2) is 107 Å². The molecule has 0 spiro atoms. The number of hydrogen-bond acceptors (Lipinski definition) is 5. The van der Waals surface area contributed by atoms with E-state index >= 15 is 0 Å². The zero-order chi connectivity index (χ0) is 26.6. The van der Waals surface area contributed by atoms with Gasteiger partial charge in [0.1, 0.15) is 17.3 Å². The van der Waals surface area contributed by atoms with Crippen LogP contribution in [-0.4, -0.2) is 20.0 Å². The highest BCUT2D eigenvalue weighted by molar-refractivity contribution is 7.98. The molecule has 0 atom stereocenters. The molecule has 0 aromatic heterocycles. The molecule has 0 aliphatic carbocycles. The van der Waals surface area contributed by atoms with Crippen LogP contribution in [0, 0.1) is 0 Å². The van der Waals surface area contributed by atoms with Crippen LogP contribution >= 0.6 is 23.5 Å². The standard InChI is InChI=1S/C33H34O3S2/c1-35-30-19-15-27(32(21-30)37-23-25-9-5-3-6-10-25)13-17-29(34)18-14-28-16-20-31(36-2)22-33(28)38-24-26-11-7-4-8-12-26/h3-12,15-16,19-22H,13-14,17-18,23-24H2,1-2H3. The smallest absolute Gasteiger partial charge is 0.133 e. The first-order valence-corrected chi connectivity index (χ1v) is 14.8. The zero-order valence-corrected chi connectivity index (χ0v) is 23.7. The Morgan fingerprint density at radius 1 is 0.605 bits per heavy atom. The van der Waals surface area contributed by atoms with Crippen molar-refractivity contribution in [2.24, 2.45) is 0 Å². The summed E-state index contributed by atoms with van der Waals surface area (Å²) in [7, 11) is 3.38. The van der Waals surface area contributed by atoms with Gasteiger partial charge in [-0.15, -0.1) is 23.5 Å². The Balaban J connectivity index is 1.35. The summed E-state index contributed by atoms with van der Waals surface area (Å²) in [5.74, 6) is 3.74. The summed E-state index contributed by atoms with van der Waals surface area (Å²) in [5.41, 5.74) is 4.96. The lowest BCUT2D eigenvalue weighted by Gasteiger charge is -2.13. The van der Waals surface area contributed by atoms with E-state index in [1.54, 1.807) is 37.7 Å². The van der Waals surface area contributed by atoms with Crippen molar-refractivity contribution in [1.29, 1.82) is 0 Å². The molecule has 0 fully saturated rings. The van der Waals surface area contributed by atoms with Crippen LogP contribution in [0.4, 0.5) is 0 Å². The number of benzene rings is 4. The number of carbonyl (C=O) groups is 1. The lowest BCUT2D eigenvalue weighted by Crippen LogP contribution is -2.04. The summed E-state index contributed by atoms with van der Waals surface area (Å²) >= 11 is 3.59. The van der Waals surface area contributed by atoms with Crippen LogP contribution in [0.2, 0.25) is 0 Å². The van der Waals surface area contributed by atoms with Gasteiger partial charge in [-0.2, -0.15) is 0 Å². The van der Waals surface area contributed by atoms with Gasteiger partial charge in [-0.25, -0.2) is 0 Å². The van der Waals surface area contributed by atoms with Crippen molar-refractivity contribution in [3.63, 3.8) is 0 Å². The average molecular weight is 543 g/mol. The van der Waals surface area contributed by atoms with Crippen LogP contribution in [0.3, 0.4) is 0 Å². The Bertz CT molecular complexity index is 1210. The van der Waals surface area contributed by atoms with Crippen LogP contribution in [0.25, 0.3) is 0 Å². The molecular weight excluding hydrogens is 508 g/mol. The van der Waals surface area contributed by atoms with Gasteiger partial charge in [0.15, 0.2) is 0 Å². The van der Waals surface area contributed by atoms with Gasteiger partial charge < -0.3 is 9.47 Å². The van der Waals surface area contributed by atoms with E-state index in [0.717, 1.165) is 35.8 Å². The van der Waals surface area contributed by atoms with Crippen molar-refractivity contribution in [1.82, 2.24) is 0 Å². The number of ether oxygens (including phenoxy) is 2. The minimum Gasteiger partial charge on any atom is -0.497 e. The molecule has 0 heterocycles. The number of Topliss-reactive ketones (excluding diaryl/α,β-unsaturated/α-hetero) is 1. The molecule has 5 heteroatoms. The average Bonchev–Trinajstić information content (AvgIpc) is 2.98. The van der Waals surface area contributed by atoms with E-state index in [2.05, 4.69) is 72.8 Å². The fraction of sp³-hybridized carbons (Fsp3) is 0.242. The number of aryl methyl sites for hydroxylation is 2. The normalized spacial score (nSPS) is 10.8. The summed E-state index contributed by atoms with van der Waals surface area (Å²) in [4.78, 5) is 15.3. The van der Waals surface area contributed by atoms with E-state index in [0.29, 0.717) is 12.8 Å². The zero-order valence-electron chi connectivity index (χ0n) is 22.0. The number of methoxy groups -OCH3 is 2. The van der Waals surface area contributed by atoms with E-state index in [1.165, 1.54) is 32.0 Å². The van der Waals surface area contributed by atoms with Gasteiger partial charge in [0.25, 0.3) is 0 Å². The van der Waals surface area contributed by atoms with Crippen molar-refractivity contribution in [2.45, 2.75) is 47.0 Å². The molecule has 0 saturated carbocycles. The molecule has 0 aliphatic heterocycles. The number of carbonyl (C=O) groups excluding carboxylic acids is 1. The molecule has 4 rings (SSSR count). The van der Waals surface area contributed by atoms with Crippen LogP contribution < -0.4 is 9.47 Å². The van der Waals surface area contributed by atoms with E-state index in [1.807, 2.05) is 24.3 Å². The maximum absolute atomic E-state index is 13.0. The first-order valence-electron chi connectivity index (χ1n) is 12.8. The maximum Gasteiger partial charge on any atom is 0.133 e. The Morgan fingerprint density at radius 2 is 1.03 bits per heavy atom. The molecule has 0 N–H and O–H groups in total. The highest BCUT2D eigenvalue weighted by Crippen LogP contribution is 2.32. The molecule has 0 radical (unpaired) electrons. The minimum absolute atomic E-state index is 0.287. The second-order valence-corrected chi connectivity index (χ2v) is 11.1. The fourth-order valence-electron chi connectivity index (χ4n) is 4.15. The van der Waals surface area contributed by atoms with Gasteiger partial charge >= 0.3 is 0 Å². The van der Waals surface area contributed by atoms with Crippen molar-refractivity contribution in [3.8, 4) is 11.5 Å². The minimum atomic E-state index is 0.287. The maximum atomic E-state index is 13.0. The van der Waals surface area contributed by atoms with Crippen molar-refractivity contribution in [2.75, 3.05) is 14.2 Å². The molecule has 196 valence electrons. The summed E-state index contributed by atoms with van der Waals surface area (Å²) in [5, 5.41) is 0. The van der Waals surface area contributed by atoms with Crippen LogP contribution in [0.5, 0.6) is 11.5 Å². The number of thioether (sulfide) groups is 2. The van der Waals surface area contributed by atoms with Crippen molar-refractivity contribution in [3.05, 3.63) is 119 Å². The first kappa shape index (κ1) is 27.9. The molecule has 0 bridgehead atoms. The predicted octanol–water partition coefficient (Wildman–Crippen LogP) is 8.42. The monoisotopic (exact) mass is 542 g/mol. The van der Waals surface area contributed by atoms with Crippen molar-refractivity contribution >= 4 is 29.3 Å². The van der Waals surface area contributed by atoms with Gasteiger partial charge in [0.05, 0.1) is 14.2 Å². The highest BCUT2D eigenvalue weighted by atomic mass is 32.2. The van der Waals surface area contributed by atoms with E-state index in [-0.39, 0.29) is 5.78 Å². The Kier molecular flexibility index (Phi) is 10.8. The largest absolute Gasteiger partial charge is 0.497 e. The predicted molar refractivity (Wildman–Crippen MR) is 160 cm³/mol. The van der Waals surface area contributed by atoms with E-state index < -0.39 is 0 Å². The molecule has 3 nitrogen and oxygen atoms in total. The van der Waals surface area contributed by atoms with Gasteiger partial charge in [-0.1, -0.05) is 72.8 Å². The first-order chi connectivity index (χ1) is 18.6. The van der Waals surface area contributed by atoms with Gasteiger partial charge in [0.2, 0.25) is 0 Å². The number of rotatable bonds is 14. The molecule has 4 aromatic rings. The number of hydrogen-bond donors (Lipinski definition) is 0. The molecule has 0 aliphatic rings. The molecule has 0 unspecified atom stereocenters. The lowest BCUT2D eigenvalue weighted by atomic mass is 10.0. The summed E-state index contributed by atoms with van der Waals surface area (Å²) in [6, 6.07) is 33.2. The molecule has 0 amide bonds. The topological polar surface area (TPSA) is 35.5 Å². The van der Waals surface area contributed by atoms with E-state index in [9.17, 15) is 4.79 Å². The molecular formula is C33H34O3S2. The third-order valence-electron chi connectivity index (χ3n) is 6.37. The van der Waals surface area contributed by atoms with Crippen LogP contribution in [-0.2, 0) is 29.1 Å². The van der Waals surface area contributed by atoms with Gasteiger partial charge in [-0.3, -0.25) is 4.79 Å². The second kappa shape index (κ2) is 14.7. The summed E-state index contributed by atoms with van der Waals surface area (Å²) in [6.45, 7) is 0. The van der Waals surface area contributed by atoms with Crippen molar-refractivity contribution < 1.29 is 14.3 Å². The fourth-order valence-corrected chi connectivity index (χ4v) is 6.29. The molecule has 4 aromatic carbocycles. The third kappa shape index (κ3) is 8.44. The SMILES string of the molecule is COc1ccc(CCC(=O)CCc2ccc(OC)cc2SCc2ccccc2)c(SCc2ccccc2)c1. The Labute approximate surface area is 235 Å². The lowest BCUT2D eigenvalue weighted by molar-refractivity contribution is -0.119. The molecule has 0 saturated heterocycles. The quantitative estimate of drug-likeness (QED) is 0.149. The Morgan fingerprint density at radius 3 is 1.42 bits per heavy atom. The number of ketones is 1. The van der Waals surface area contributed by atoms with Gasteiger partial charge in [0, 0.05) is 34.1 Å². The van der Waals surface area contributed by atoms with E-state index in [4.69, 9.17) is 9.47 Å². The third-order valence-corrected chi connectivity index (χ3v) is 8.71.